The first-order valence-corrected chi connectivity index (χ1v) is 10.7. The molecule has 0 aromatic carbocycles. The molecule has 1 amide bonds. The van der Waals surface area contributed by atoms with Gasteiger partial charge in [-0.3, -0.25) is 9.36 Å². The normalized spacial score (nSPS) is 13.2. The van der Waals surface area contributed by atoms with Crippen LogP contribution in [0.1, 0.15) is 12.8 Å². The molecule has 0 bridgehead atoms. The summed E-state index contributed by atoms with van der Waals surface area (Å²) in [6, 6.07) is 0. The van der Waals surface area contributed by atoms with Gasteiger partial charge < -0.3 is 44.8 Å². The fraction of sp³-hybridized carbons (Fsp3) is 0.917. The van der Waals surface area contributed by atoms with Crippen molar-refractivity contribution in [3.05, 3.63) is 0 Å². The number of hydrogen-bond donors (Lipinski definition) is 6. The van der Waals surface area contributed by atoms with Crippen molar-refractivity contribution >= 4 is 21.9 Å². The van der Waals surface area contributed by atoms with Crippen molar-refractivity contribution in [2.75, 3.05) is 52.7 Å². The second kappa shape index (κ2) is 14.9. The second-order valence-corrected chi connectivity index (χ2v) is 8.38. The van der Waals surface area contributed by atoms with Gasteiger partial charge in [-0.25, -0.2) is 0 Å². The summed E-state index contributed by atoms with van der Waals surface area (Å²) < 4.78 is 26.6. The van der Waals surface area contributed by atoms with Crippen LogP contribution in [0.5, 0.6) is 0 Å². The molecule has 0 rings (SSSR count). The Bertz CT molecular complexity index is 395. The number of nitrogens with one attached hydrogen (secondary N) is 1. The summed E-state index contributed by atoms with van der Waals surface area (Å²) in [5, 5.41) is 0.893. The van der Waals surface area contributed by atoms with E-state index in [0.717, 1.165) is 0 Å². The summed E-state index contributed by atoms with van der Waals surface area (Å²) in [6.07, 6.45) is -0.530. The van der Waals surface area contributed by atoms with Gasteiger partial charge in [-0.05, 0) is 6.42 Å². The molecule has 0 aromatic rings. The smallest absolute Gasteiger partial charge is 0.337 e. The predicted molar refractivity (Wildman–Crippen MR) is 90.9 cm³/mol. The Hall–Kier alpha value is -0.190. The highest BCUT2D eigenvalue weighted by Crippen LogP contribution is 2.56. The highest BCUT2D eigenvalue weighted by atomic mass is 31.2. The van der Waals surface area contributed by atoms with Crippen LogP contribution >= 0.6 is 16.0 Å². The van der Waals surface area contributed by atoms with Gasteiger partial charge in [-0.1, -0.05) is 0 Å². The molecule has 0 aliphatic rings. The fourth-order valence-electron chi connectivity index (χ4n) is 1.65. The highest BCUT2D eigenvalue weighted by molar-refractivity contribution is 7.67. The molecule has 0 radical (unpaired) electrons. The third-order valence-electron chi connectivity index (χ3n) is 2.86. The highest BCUT2D eigenvalue weighted by Gasteiger charge is 2.35. The van der Waals surface area contributed by atoms with E-state index in [1.807, 2.05) is 0 Å². The molecule has 0 spiro atoms. The van der Waals surface area contributed by atoms with E-state index < -0.39 is 27.3 Å². The molecule has 150 valence electrons. The Morgan fingerprint density at radius 2 is 1.56 bits per heavy atom. The molecule has 1 unspecified atom stereocenters. The third kappa shape index (κ3) is 14.6. The number of nitrogens with two attached hydrogens (primary N) is 1. The van der Waals surface area contributed by atoms with Crippen LogP contribution in [0.15, 0.2) is 0 Å². The van der Waals surface area contributed by atoms with E-state index in [-0.39, 0.29) is 26.0 Å². The van der Waals surface area contributed by atoms with E-state index in [9.17, 15) is 9.36 Å². The van der Waals surface area contributed by atoms with Gasteiger partial charge in [0.2, 0.25) is 5.91 Å². The molecule has 25 heavy (non-hydrogen) atoms. The number of hydrogen-bond acceptors (Lipinski definition) is 8. The molecule has 0 aliphatic carbocycles. The zero-order valence-corrected chi connectivity index (χ0v) is 15.7. The lowest BCUT2D eigenvalue weighted by molar-refractivity contribution is -0.121. The molecule has 0 aromatic heterocycles. The van der Waals surface area contributed by atoms with Crippen LogP contribution in [0.3, 0.4) is 0 Å². The van der Waals surface area contributed by atoms with Crippen LogP contribution in [-0.2, 0) is 23.6 Å². The first-order chi connectivity index (χ1) is 11.8. The van der Waals surface area contributed by atoms with Crippen molar-refractivity contribution in [2.24, 2.45) is 5.73 Å². The first-order valence-electron chi connectivity index (χ1n) is 7.71. The second-order valence-electron chi connectivity index (χ2n) is 4.90. The van der Waals surface area contributed by atoms with Gasteiger partial charge in [0.05, 0.1) is 39.6 Å². The van der Waals surface area contributed by atoms with Crippen molar-refractivity contribution in [3.8, 4) is 0 Å². The van der Waals surface area contributed by atoms with Gasteiger partial charge in [0.15, 0.2) is 8.38 Å². The van der Waals surface area contributed by atoms with Crippen molar-refractivity contribution in [1.29, 1.82) is 0 Å². The Morgan fingerprint density at radius 1 is 1.04 bits per heavy atom. The Balaban J connectivity index is 3.57. The van der Waals surface area contributed by atoms with Crippen molar-refractivity contribution in [2.45, 2.75) is 18.2 Å². The van der Waals surface area contributed by atoms with Crippen LogP contribution in [0.25, 0.3) is 0 Å². The third-order valence-corrected chi connectivity index (χ3v) is 6.21. The lowest BCUT2D eigenvalue weighted by atomic mass is 10.3. The lowest BCUT2D eigenvalue weighted by Crippen LogP contribution is -2.28. The van der Waals surface area contributed by atoms with E-state index in [0.29, 0.717) is 39.6 Å². The van der Waals surface area contributed by atoms with E-state index in [1.54, 1.807) is 0 Å². The van der Waals surface area contributed by atoms with Crippen LogP contribution in [-0.4, -0.2) is 83.6 Å². The minimum Gasteiger partial charge on any atom is -0.378 e. The fourth-order valence-corrected chi connectivity index (χ4v) is 3.56. The van der Waals surface area contributed by atoms with Gasteiger partial charge >= 0.3 is 7.60 Å². The number of rotatable bonds is 16. The maximum absolute atomic E-state index is 11.5. The van der Waals surface area contributed by atoms with Gasteiger partial charge in [-0.15, -0.1) is 0 Å². The molecule has 1 atom stereocenters. The molecule has 0 fully saturated rings. The summed E-state index contributed by atoms with van der Waals surface area (Å²) in [5.74, 6) is -0.452. The minimum absolute atomic E-state index is 0.221. The summed E-state index contributed by atoms with van der Waals surface area (Å²) in [5.41, 5.74) is 5.25. The zero-order valence-electron chi connectivity index (χ0n) is 14.0. The molecule has 0 heterocycles. The predicted octanol–water partition coefficient (Wildman–Crippen LogP) is -1.31. The van der Waals surface area contributed by atoms with Gasteiger partial charge in [0.25, 0.3) is 0 Å². The standard InChI is InChI=1S/C12H28N2O9P2/c13-3-5-21-7-9-23-10-8-22-6-4-14-11(15)1-2-12(24(16)17)25(18,19)20/h12,16-17H,1-10,13H2,(H,14,15)(H2,18,19,20). The molecular formula is C12H28N2O9P2. The Kier molecular flexibility index (Phi) is 14.8. The van der Waals surface area contributed by atoms with Gasteiger partial charge in [0, 0.05) is 19.5 Å². The monoisotopic (exact) mass is 406 g/mol. The van der Waals surface area contributed by atoms with Gasteiger partial charge in [-0.2, -0.15) is 0 Å². The van der Waals surface area contributed by atoms with E-state index in [2.05, 4.69) is 5.32 Å². The number of carbonyl (C=O) groups is 1. The lowest BCUT2D eigenvalue weighted by Gasteiger charge is -2.18. The first kappa shape index (κ1) is 24.8. The molecular weight excluding hydrogens is 378 g/mol. The average molecular weight is 406 g/mol. The van der Waals surface area contributed by atoms with Crippen LogP contribution in [0.2, 0.25) is 0 Å². The maximum Gasteiger partial charge on any atom is 0.337 e. The van der Waals surface area contributed by atoms with Crippen molar-refractivity contribution < 1.29 is 43.1 Å². The summed E-state index contributed by atoms with van der Waals surface area (Å²) >= 11 is 0. The Labute approximate surface area is 147 Å². The van der Waals surface area contributed by atoms with Crippen molar-refractivity contribution in [1.82, 2.24) is 5.32 Å². The van der Waals surface area contributed by atoms with E-state index in [1.165, 1.54) is 0 Å². The van der Waals surface area contributed by atoms with Gasteiger partial charge in [0.1, 0.15) is 5.40 Å². The molecule has 0 aliphatic heterocycles. The zero-order chi connectivity index (χ0) is 19.1. The topological polar surface area (TPSA) is 181 Å². The average Bonchev–Trinajstić information content (AvgIpc) is 2.51. The number of amides is 1. The van der Waals surface area contributed by atoms with Crippen LogP contribution < -0.4 is 11.1 Å². The molecule has 13 heteroatoms. The largest absolute Gasteiger partial charge is 0.378 e. The summed E-state index contributed by atoms with van der Waals surface area (Å²) in [4.78, 5) is 47.4. The van der Waals surface area contributed by atoms with Crippen LogP contribution in [0.4, 0.5) is 0 Å². The number of ether oxygens (including phenoxy) is 3. The van der Waals surface area contributed by atoms with Crippen LogP contribution in [0, 0.1) is 0 Å². The Morgan fingerprint density at radius 3 is 2.04 bits per heavy atom. The molecule has 0 saturated heterocycles. The molecule has 0 saturated carbocycles. The van der Waals surface area contributed by atoms with Crippen molar-refractivity contribution in [3.63, 3.8) is 0 Å². The molecule has 11 nitrogen and oxygen atoms in total. The SMILES string of the molecule is NCCOCCOCCOCCNC(=O)CCC(P(O)O)P(=O)(O)O. The summed E-state index contributed by atoms with van der Waals surface area (Å²) in [7, 11) is -7.46. The number of carbonyl (C=O) groups excluding carboxylic acids is 1. The maximum atomic E-state index is 11.5. The molecule has 7 N–H and O–H groups in total. The van der Waals surface area contributed by atoms with E-state index in [4.69, 9.17) is 39.5 Å². The quantitative estimate of drug-likeness (QED) is 0.133. The van der Waals surface area contributed by atoms with E-state index >= 15 is 0 Å². The minimum atomic E-state index is -4.65. The summed E-state index contributed by atoms with van der Waals surface area (Å²) in [6.45, 7) is 3.10.